The van der Waals surface area contributed by atoms with E-state index in [4.69, 9.17) is 4.74 Å². The molecule has 1 N–H and O–H groups in total. The van der Waals surface area contributed by atoms with Crippen molar-refractivity contribution in [2.45, 2.75) is 38.8 Å². The molecule has 1 aromatic carbocycles. The quantitative estimate of drug-likeness (QED) is 0.917. The molecule has 2 aromatic rings. The van der Waals surface area contributed by atoms with E-state index in [1.165, 1.54) is 0 Å². The van der Waals surface area contributed by atoms with Crippen molar-refractivity contribution in [2.24, 2.45) is 5.92 Å². The number of hydrogen-bond donors (Lipinski definition) is 1. The molecule has 6 heteroatoms. The Bertz CT molecular complexity index is 848. The Morgan fingerprint density at radius 1 is 1.27 bits per heavy atom. The zero-order valence-corrected chi connectivity index (χ0v) is 15.3. The Morgan fingerprint density at radius 2 is 2.00 bits per heavy atom. The first-order valence-electron chi connectivity index (χ1n) is 8.91. The summed E-state index contributed by atoms with van der Waals surface area (Å²) < 4.78 is 5.84. The molecular formula is C20H23N3O3. The molecule has 6 nitrogen and oxygen atoms in total. The number of benzene rings is 1. The van der Waals surface area contributed by atoms with Crippen LogP contribution < -0.4 is 4.90 Å². The average molecular weight is 353 g/mol. The van der Waals surface area contributed by atoms with Gasteiger partial charge in [0, 0.05) is 30.5 Å². The lowest BCUT2D eigenvalue weighted by atomic mass is 9.85. The fraction of sp³-hybridized carbons (Fsp3) is 0.450. The minimum absolute atomic E-state index is 0.0356. The van der Waals surface area contributed by atoms with Crippen molar-refractivity contribution >= 4 is 11.6 Å². The maximum Gasteiger partial charge on any atom is 0.239 e. The molecule has 2 aliphatic heterocycles. The van der Waals surface area contributed by atoms with Crippen molar-refractivity contribution in [1.29, 1.82) is 0 Å². The van der Waals surface area contributed by atoms with E-state index in [9.17, 15) is 9.90 Å². The summed E-state index contributed by atoms with van der Waals surface area (Å²) in [7, 11) is 0. The summed E-state index contributed by atoms with van der Waals surface area (Å²) in [6.07, 6.45) is 3.91. The fourth-order valence-electron chi connectivity index (χ4n) is 3.77. The van der Waals surface area contributed by atoms with Gasteiger partial charge < -0.3 is 9.84 Å². The van der Waals surface area contributed by atoms with E-state index in [0.29, 0.717) is 13.0 Å². The molecule has 136 valence electrons. The maximum atomic E-state index is 13.1. The highest BCUT2D eigenvalue weighted by Crippen LogP contribution is 2.45. The number of amides is 1. The van der Waals surface area contributed by atoms with E-state index in [1.54, 1.807) is 17.3 Å². The summed E-state index contributed by atoms with van der Waals surface area (Å²) in [5, 5.41) is 9.41. The molecule has 1 saturated heterocycles. The summed E-state index contributed by atoms with van der Waals surface area (Å²) in [5.74, 6) is 0.837. The smallest absolute Gasteiger partial charge is 0.239 e. The number of carbonyl (C=O) groups excluding carboxylic acids is 1. The first-order chi connectivity index (χ1) is 12.4. The molecular weight excluding hydrogens is 330 g/mol. The van der Waals surface area contributed by atoms with Gasteiger partial charge in [0.1, 0.15) is 12.1 Å². The molecule has 0 radical (unpaired) electrons. The third kappa shape index (κ3) is 2.61. The van der Waals surface area contributed by atoms with Gasteiger partial charge in [-0.25, -0.2) is 9.97 Å². The predicted octanol–water partition coefficient (Wildman–Crippen LogP) is 2.43. The van der Waals surface area contributed by atoms with Crippen LogP contribution in [0.15, 0.2) is 30.6 Å². The largest absolute Gasteiger partial charge is 0.396 e. The van der Waals surface area contributed by atoms with Crippen LogP contribution in [0.1, 0.15) is 31.7 Å². The SMILES string of the molecule is Cc1ncc(-c2ccc3c(c2)N(C2C[C@@H](CO)CO2)C(=O)C3(C)C)cn1. The second-order valence-electron chi connectivity index (χ2n) is 7.62. The van der Waals surface area contributed by atoms with Gasteiger partial charge in [0.05, 0.1) is 17.7 Å². The normalized spacial score (nSPS) is 24.2. The summed E-state index contributed by atoms with van der Waals surface area (Å²) in [6.45, 7) is 6.30. The molecule has 2 atom stereocenters. The van der Waals surface area contributed by atoms with E-state index in [-0.39, 0.29) is 24.7 Å². The minimum atomic E-state index is -0.599. The molecule has 1 amide bonds. The number of fused-ring (bicyclic) bond motifs is 1. The lowest BCUT2D eigenvalue weighted by Crippen LogP contribution is -2.42. The van der Waals surface area contributed by atoms with Gasteiger partial charge in [-0.15, -0.1) is 0 Å². The second-order valence-corrected chi connectivity index (χ2v) is 7.62. The van der Waals surface area contributed by atoms with Crippen LogP contribution in [-0.2, 0) is 14.9 Å². The van der Waals surface area contributed by atoms with Gasteiger partial charge in [-0.2, -0.15) is 0 Å². The van der Waals surface area contributed by atoms with Crippen LogP contribution in [0, 0.1) is 12.8 Å². The average Bonchev–Trinajstić information content (AvgIpc) is 3.17. The first kappa shape index (κ1) is 17.1. The van der Waals surface area contributed by atoms with Gasteiger partial charge in [0.25, 0.3) is 0 Å². The van der Waals surface area contributed by atoms with Gasteiger partial charge in [0.2, 0.25) is 5.91 Å². The number of anilines is 1. The van der Waals surface area contributed by atoms with Crippen molar-refractivity contribution in [3.8, 4) is 11.1 Å². The van der Waals surface area contributed by atoms with Crippen LogP contribution in [0.5, 0.6) is 0 Å². The Morgan fingerprint density at radius 3 is 2.65 bits per heavy atom. The van der Waals surface area contributed by atoms with Crippen LogP contribution in [0.2, 0.25) is 0 Å². The van der Waals surface area contributed by atoms with Crippen molar-refractivity contribution in [2.75, 3.05) is 18.1 Å². The minimum Gasteiger partial charge on any atom is -0.396 e. The standard InChI is InChI=1S/C20H23N3O3/c1-12-21-8-15(9-22-12)14-4-5-16-17(7-14)23(19(25)20(16,2)3)18-6-13(10-24)11-26-18/h4-5,7-9,13,18,24H,6,10-11H2,1-3H3/t13-,18?/m0/s1. The second kappa shape index (κ2) is 6.14. The molecule has 1 unspecified atom stereocenters. The molecule has 1 fully saturated rings. The maximum absolute atomic E-state index is 13.1. The number of nitrogens with zero attached hydrogens (tertiary/aromatic N) is 3. The number of aliphatic hydroxyl groups is 1. The van der Waals surface area contributed by atoms with Crippen molar-refractivity contribution in [3.05, 3.63) is 42.0 Å². The van der Waals surface area contributed by atoms with Gasteiger partial charge in [-0.1, -0.05) is 12.1 Å². The van der Waals surface area contributed by atoms with E-state index >= 15 is 0 Å². The van der Waals surface area contributed by atoms with Gasteiger partial charge in [-0.3, -0.25) is 9.69 Å². The summed E-state index contributed by atoms with van der Waals surface area (Å²) in [4.78, 5) is 23.4. The number of aromatic nitrogens is 2. The van der Waals surface area contributed by atoms with Crippen LogP contribution in [0.3, 0.4) is 0 Å². The Hall–Kier alpha value is -2.31. The summed E-state index contributed by atoms with van der Waals surface area (Å²) in [5.41, 5.74) is 3.15. The van der Waals surface area contributed by atoms with Crippen molar-refractivity contribution < 1.29 is 14.6 Å². The van der Waals surface area contributed by atoms with Gasteiger partial charge >= 0.3 is 0 Å². The molecule has 0 saturated carbocycles. The highest BCUT2D eigenvalue weighted by Gasteiger charge is 2.48. The topological polar surface area (TPSA) is 75.6 Å². The van der Waals surface area contributed by atoms with Gasteiger partial charge in [0.15, 0.2) is 0 Å². The number of ether oxygens (including phenoxy) is 1. The zero-order valence-electron chi connectivity index (χ0n) is 15.3. The predicted molar refractivity (Wildman–Crippen MR) is 97.6 cm³/mol. The molecule has 0 spiro atoms. The third-order valence-electron chi connectivity index (χ3n) is 5.40. The van der Waals surface area contributed by atoms with E-state index in [1.807, 2.05) is 39.0 Å². The Balaban J connectivity index is 1.76. The third-order valence-corrected chi connectivity index (χ3v) is 5.40. The monoisotopic (exact) mass is 353 g/mol. The highest BCUT2D eigenvalue weighted by molar-refractivity contribution is 6.08. The molecule has 3 heterocycles. The van der Waals surface area contributed by atoms with Crippen LogP contribution in [-0.4, -0.2) is 40.4 Å². The van der Waals surface area contributed by atoms with Crippen LogP contribution >= 0.6 is 0 Å². The summed E-state index contributed by atoms with van der Waals surface area (Å²) >= 11 is 0. The molecule has 0 aliphatic carbocycles. The highest BCUT2D eigenvalue weighted by atomic mass is 16.5. The lowest BCUT2D eigenvalue weighted by Gasteiger charge is -2.26. The zero-order chi connectivity index (χ0) is 18.5. The number of rotatable bonds is 3. The molecule has 1 aromatic heterocycles. The molecule has 26 heavy (non-hydrogen) atoms. The van der Waals surface area contributed by atoms with E-state index in [0.717, 1.165) is 28.2 Å². The Labute approximate surface area is 152 Å². The number of aryl methyl sites for hydroxylation is 1. The van der Waals surface area contributed by atoms with Crippen LogP contribution in [0.4, 0.5) is 5.69 Å². The molecule has 4 rings (SSSR count). The van der Waals surface area contributed by atoms with E-state index in [2.05, 4.69) is 9.97 Å². The van der Waals surface area contributed by atoms with Crippen LogP contribution in [0.25, 0.3) is 11.1 Å². The summed E-state index contributed by atoms with van der Waals surface area (Å²) in [6, 6.07) is 6.05. The van der Waals surface area contributed by atoms with Crippen molar-refractivity contribution in [1.82, 2.24) is 9.97 Å². The Kier molecular flexibility index (Phi) is 4.04. The van der Waals surface area contributed by atoms with Gasteiger partial charge in [-0.05, 0) is 44.4 Å². The number of carbonyl (C=O) groups is 1. The van der Waals surface area contributed by atoms with Crippen molar-refractivity contribution in [3.63, 3.8) is 0 Å². The number of aliphatic hydroxyl groups excluding tert-OH is 1. The number of hydrogen-bond acceptors (Lipinski definition) is 5. The first-order valence-corrected chi connectivity index (χ1v) is 8.91. The lowest BCUT2D eigenvalue weighted by molar-refractivity contribution is -0.124. The molecule has 2 aliphatic rings. The fourth-order valence-corrected chi connectivity index (χ4v) is 3.77. The van der Waals surface area contributed by atoms with E-state index < -0.39 is 5.41 Å². The molecule has 0 bridgehead atoms.